The first kappa shape index (κ1) is 12.5. The average molecular weight is 238 g/mol. The number of aromatic hydroxyl groups is 2. The Labute approximate surface area is 93.0 Å². The highest BCUT2D eigenvalue weighted by Crippen LogP contribution is 2.09. The monoisotopic (exact) mass is 238 g/mol. The van der Waals surface area contributed by atoms with Gasteiger partial charge in [0.15, 0.2) is 11.6 Å². The number of hydrogen-bond acceptors (Lipinski definition) is 7. The van der Waals surface area contributed by atoms with Crippen molar-refractivity contribution >= 4 is 11.6 Å². The molecule has 0 heterocycles. The Morgan fingerprint density at radius 3 is 1.18 bits per heavy atom. The summed E-state index contributed by atoms with van der Waals surface area (Å²) >= 11 is 0. The van der Waals surface area contributed by atoms with Crippen molar-refractivity contribution in [3.8, 4) is 11.5 Å². The molecule has 0 bridgehead atoms. The summed E-state index contributed by atoms with van der Waals surface area (Å²) in [5, 5.41) is 16.9. The fourth-order valence-electron chi connectivity index (χ4n) is 1.01. The highest BCUT2D eigenvalue weighted by molar-refractivity contribution is 6.16. The molecule has 0 aliphatic heterocycles. The predicted octanol–water partition coefficient (Wildman–Crippen LogP) is -1.86. The molecule has 0 spiro atoms. The lowest BCUT2D eigenvalue weighted by Gasteiger charge is -1.77. The van der Waals surface area contributed by atoms with Crippen molar-refractivity contribution in [3.05, 3.63) is 42.8 Å². The molecule has 1 aromatic carbocycles. The van der Waals surface area contributed by atoms with Crippen LogP contribution in [0.15, 0.2) is 26.5 Å². The van der Waals surface area contributed by atoms with E-state index >= 15 is 0 Å². The molecule has 17 heavy (non-hydrogen) atoms. The number of rotatable bonds is 0. The molecule has 0 aromatic heterocycles. The van der Waals surface area contributed by atoms with E-state index in [9.17, 15) is 24.0 Å². The minimum Gasteiger partial charge on any atom is -0.501 e. The van der Waals surface area contributed by atoms with Crippen molar-refractivity contribution in [3.63, 3.8) is 0 Å². The van der Waals surface area contributed by atoms with Crippen molar-refractivity contribution in [2.24, 2.45) is 0 Å². The maximum Gasteiger partial charge on any atom is 0.280 e. The third-order valence-electron chi connectivity index (χ3n) is 1.87. The highest BCUT2D eigenvalue weighted by Gasteiger charge is 2.17. The fraction of sp³-hybridized carbons (Fsp3) is 0.100. The van der Waals surface area contributed by atoms with E-state index in [0.717, 1.165) is 0 Å². The SMILES string of the molecule is O=C1C=CC(=O)C1.O=c1c(O)c(O)c(=O)c1=O. The van der Waals surface area contributed by atoms with Gasteiger partial charge in [-0.3, -0.25) is 24.0 Å². The number of carbonyl (C=O) groups excluding carboxylic acids is 2. The smallest absolute Gasteiger partial charge is 0.280 e. The number of ketones is 2. The van der Waals surface area contributed by atoms with Crippen LogP contribution in [0.2, 0.25) is 0 Å². The average Bonchev–Trinajstić information content (AvgIpc) is 2.74. The summed E-state index contributed by atoms with van der Waals surface area (Å²) in [6.45, 7) is 0. The molecule has 2 N–H and O–H groups in total. The van der Waals surface area contributed by atoms with Crippen molar-refractivity contribution in [1.29, 1.82) is 0 Å². The van der Waals surface area contributed by atoms with Crippen molar-refractivity contribution in [2.75, 3.05) is 0 Å². The van der Waals surface area contributed by atoms with E-state index in [1.54, 1.807) is 0 Å². The Bertz CT molecular complexity index is 591. The van der Waals surface area contributed by atoms with Gasteiger partial charge in [0.1, 0.15) is 0 Å². The molecule has 1 aliphatic carbocycles. The van der Waals surface area contributed by atoms with Crippen LogP contribution in [0.3, 0.4) is 0 Å². The fourth-order valence-corrected chi connectivity index (χ4v) is 1.01. The van der Waals surface area contributed by atoms with E-state index in [-0.39, 0.29) is 18.0 Å². The Morgan fingerprint density at radius 1 is 0.706 bits per heavy atom. The lowest BCUT2D eigenvalue weighted by molar-refractivity contribution is -0.120. The van der Waals surface area contributed by atoms with E-state index in [1.165, 1.54) is 12.2 Å². The minimum absolute atomic E-state index is 0.0787. The Kier molecular flexibility index (Phi) is 3.32. The second-order valence-electron chi connectivity index (χ2n) is 3.13. The van der Waals surface area contributed by atoms with Crippen LogP contribution in [0.4, 0.5) is 0 Å². The summed E-state index contributed by atoms with van der Waals surface area (Å²) in [4.78, 5) is 51.1. The zero-order chi connectivity index (χ0) is 13.2. The van der Waals surface area contributed by atoms with Gasteiger partial charge in [-0.15, -0.1) is 0 Å². The van der Waals surface area contributed by atoms with Gasteiger partial charge in [-0.25, -0.2) is 0 Å². The molecule has 0 fully saturated rings. The second-order valence-corrected chi connectivity index (χ2v) is 3.13. The van der Waals surface area contributed by atoms with Crippen LogP contribution in [0.5, 0.6) is 11.5 Å². The van der Waals surface area contributed by atoms with E-state index < -0.39 is 27.8 Å². The molecule has 0 amide bonds. The molecule has 0 saturated heterocycles. The number of carbonyl (C=O) groups is 2. The van der Waals surface area contributed by atoms with Crippen LogP contribution in [0.25, 0.3) is 0 Å². The van der Waals surface area contributed by atoms with Gasteiger partial charge < -0.3 is 10.2 Å². The summed E-state index contributed by atoms with van der Waals surface area (Å²) in [5.41, 5.74) is -4.08. The molecule has 0 radical (unpaired) electrons. The van der Waals surface area contributed by atoms with Crippen molar-refractivity contribution in [2.45, 2.75) is 6.42 Å². The van der Waals surface area contributed by atoms with Gasteiger partial charge in [0.05, 0.1) is 6.42 Å². The van der Waals surface area contributed by atoms with Crippen LogP contribution < -0.4 is 16.3 Å². The van der Waals surface area contributed by atoms with Crippen LogP contribution in [-0.4, -0.2) is 21.8 Å². The van der Waals surface area contributed by atoms with Crippen LogP contribution >= 0.6 is 0 Å². The van der Waals surface area contributed by atoms with E-state index in [0.29, 0.717) is 0 Å². The molecule has 1 aromatic rings. The molecule has 0 atom stereocenters. The largest absolute Gasteiger partial charge is 0.501 e. The summed E-state index contributed by atoms with van der Waals surface area (Å²) < 4.78 is 0. The van der Waals surface area contributed by atoms with Crippen LogP contribution in [0.1, 0.15) is 6.42 Å². The van der Waals surface area contributed by atoms with Crippen molar-refractivity contribution < 1.29 is 19.8 Å². The highest BCUT2D eigenvalue weighted by atomic mass is 16.3. The molecule has 1 aliphatic rings. The number of allylic oxidation sites excluding steroid dienone is 2. The molecule has 7 nitrogen and oxygen atoms in total. The molecule has 7 heteroatoms. The van der Waals surface area contributed by atoms with Gasteiger partial charge in [0, 0.05) is 0 Å². The summed E-state index contributed by atoms with van der Waals surface area (Å²) in [7, 11) is 0. The maximum atomic E-state index is 10.3. The minimum atomic E-state index is -1.39. The van der Waals surface area contributed by atoms with E-state index in [4.69, 9.17) is 10.2 Å². The molecule has 2 rings (SSSR count). The van der Waals surface area contributed by atoms with Gasteiger partial charge in [-0.05, 0) is 12.2 Å². The molecule has 88 valence electrons. The molecule has 0 unspecified atom stereocenters. The number of hydrogen-bond donors (Lipinski definition) is 2. The lowest BCUT2D eigenvalue weighted by Crippen LogP contribution is -2.29. The second kappa shape index (κ2) is 4.52. The quantitative estimate of drug-likeness (QED) is 0.400. The van der Waals surface area contributed by atoms with Crippen LogP contribution in [0, 0.1) is 0 Å². The van der Waals surface area contributed by atoms with Gasteiger partial charge in [-0.1, -0.05) is 0 Å². The van der Waals surface area contributed by atoms with Gasteiger partial charge in [0.2, 0.25) is 11.5 Å². The van der Waals surface area contributed by atoms with Crippen LogP contribution in [-0.2, 0) is 9.59 Å². The first-order chi connectivity index (χ1) is 7.84. The summed E-state index contributed by atoms with van der Waals surface area (Å²) in [6, 6.07) is 0. The predicted molar refractivity (Wildman–Crippen MR) is 54.7 cm³/mol. The maximum absolute atomic E-state index is 10.3. The zero-order valence-corrected chi connectivity index (χ0v) is 8.30. The topological polar surface area (TPSA) is 126 Å². The Balaban J connectivity index is 0.000000181. The summed E-state index contributed by atoms with van der Waals surface area (Å²) in [5.74, 6) is -2.47. The third kappa shape index (κ3) is 2.51. The first-order valence-corrected chi connectivity index (χ1v) is 4.34. The first-order valence-electron chi connectivity index (χ1n) is 4.34. The van der Waals surface area contributed by atoms with Gasteiger partial charge in [-0.2, -0.15) is 0 Å². The molecule has 0 saturated carbocycles. The Morgan fingerprint density at radius 2 is 1.06 bits per heavy atom. The Hall–Kier alpha value is -2.57. The van der Waals surface area contributed by atoms with E-state index in [2.05, 4.69) is 0 Å². The van der Waals surface area contributed by atoms with Gasteiger partial charge >= 0.3 is 0 Å². The third-order valence-corrected chi connectivity index (χ3v) is 1.87. The van der Waals surface area contributed by atoms with E-state index in [1.807, 2.05) is 0 Å². The van der Waals surface area contributed by atoms with Crippen molar-refractivity contribution in [1.82, 2.24) is 0 Å². The summed E-state index contributed by atoms with van der Waals surface area (Å²) in [6.07, 6.45) is 2.70. The zero-order valence-electron chi connectivity index (χ0n) is 8.30. The molecular weight excluding hydrogens is 232 g/mol. The standard InChI is InChI=1S/C5H2O5.C5H4O2/c6-1-2(7)4(9)5(10)3(1)8;6-4-1-2-5(7)3-4/h6-7H;1-2H,3H2. The molecular formula is C10H6O7. The normalized spacial score (nSPS) is 13.6. The lowest BCUT2D eigenvalue weighted by atomic mass is 10.3. The van der Waals surface area contributed by atoms with Gasteiger partial charge in [0.25, 0.3) is 16.3 Å².